The maximum absolute atomic E-state index is 12.7. The van der Waals surface area contributed by atoms with Gasteiger partial charge >= 0.3 is 0 Å². The molecular formula is C24H38N2O4. The molecule has 0 aromatic rings. The van der Waals surface area contributed by atoms with Gasteiger partial charge in [-0.2, -0.15) is 0 Å². The average molecular weight is 419 g/mol. The summed E-state index contributed by atoms with van der Waals surface area (Å²) in [6, 6.07) is 0. The molecular weight excluding hydrogens is 380 g/mol. The van der Waals surface area contributed by atoms with Crippen LogP contribution in [-0.2, 0) is 9.63 Å². The van der Waals surface area contributed by atoms with E-state index in [0.717, 1.165) is 63.7 Å². The Labute approximate surface area is 179 Å². The number of ketones is 1. The number of aliphatic hydroxyl groups is 2. The first-order valence-electron chi connectivity index (χ1n) is 12.1. The fourth-order valence-corrected chi connectivity index (χ4v) is 8.21. The van der Waals surface area contributed by atoms with Crippen LogP contribution in [0.1, 0.15) is 65.2 Å². The third-order valence-corrected chi connectivity index (χ3v) is 10.1. The minimum Gasteiger partial charge on any atom is -0.396 e. The van der Waals surface area contributed by atoms with Gasteiger partial charge in [0.05, 0.1) is 11.8 Å². The van der Waals surface area contributed by atoms with E-state index in [1.807, 2.05) is 0 Å². The van der Waals surface area contributed by atoms with Gasteiger partial charge in [-0.1, -0.05) is 19.0 Å². The van der Waals surface area contributed by atoms with Crippen LogP contribution in [0, 0.1) is 40.4 Å². The van der Waals surface area contributed by atoms with Crippen molar-refractivity contribution >= 4 is 11.5 Å². The van der Waals surface area contributed by atoms with E-state index >= 15 is 0 Å². The van der Waals surface area contributed by atoms with Gasteiger partial charge in [-0.05, 0) is 74.2 Å². The highest BCUT2D eigenvalue weighted by Gasteiger charge is 2.64. The topological polar surface area (TPSA) is 91.2 Å². The van der Waals surface area contributed by atoms with Gasteiger partial charge in [0.2, 0.25) is 0 Å². The Morgan fingerprint density at radius 2 is 1.97 bits per heavy atom. The number of carbonyl (C=O) groups excluding carboxylic acids is 1. The van der Waals surface area contributed by atoms with E-state index in [9.17, 15) is 15.0 Å². The lowest BCUT2D eigenvalue weighted by molar-refractivity contribution is -0.188. The molecule has 4 saturated carbocycles. The molecule has 0 spiro atoms. The second kappa shape index (κ2) is 7.56. The van der Waals surface area contributed by atoms with Crippen molar-refractivity contribution in [1.29, 1.82) is 0 Å². The summed E-state index contributed by atoms with van der Waals surface area (Å²) < 4.78 is 0. The lowest BCUT2D eigenvalue weighted by atomic mass is 9.42. The largest absolute Gasteiger partial charge is 0.396 e. The number of aliphatic hydroxyl groups excluding tert-OH is 2. The van der Waals surface area contributed by atoms with Crippen LogP contribution in [0.4, 0.5) is 0 Å². The van der Waals surface area contributed by atoms with Crippen molar-refractivity contribution in [2.24, 2.45) is 45.6 Å². The van der Waals surface area contributed by atoms with Gasteiger partial charge in [0, 0.05) is 37.3 Å². The Kier molecular flexibility index (Phi) is 5.27. The van der Waals surface area contributed by atoms with Gasteiger partial charge < -0.3 is 20.4 Å². The predicted octanol–water partition coefficient (Wildman–Crippen LogP) is 2.52. The zero-order valence-corrected chi connectivity index (χ0v) is 18.5. The Morgan fingerprint density at radius 1 is 1.13 bits per heavy atom. The number of oxime groups is 1. The highest BCUT2D eigenvalue weighted by atomic mass is 16.6. The van der Waals surface area contributed by atoms with Crippen LogP contribution in [0.15, 0.2) is 5.16 Å². The molecule has 30 heavy (non-hydrogen) atoms. The number of carbonyl (C=O) groups is 1. The van der Waals surface area contributed by atoms with Gasteiger partial charge in [-0.3, -0.25) is 4.79 Å². The van der Waals surface area contributed by atoms with Crippen molar-refractivity contribution in [1.82, 2.24) is 5.32 Å². The number of Topliss-reactive ketones (excluding diaryl/α,β-unsaturated/α-hetero) is 1. The monoisotopic (exact) mass is 418 g/mol. The van der Waals surface area contributed by atoms with Crippen molar-refractivity contribution in [2.45, 2.75) is 77.4 Å². The fraction of sp³-hybridized carbons (Fsp3) is 0.917. The molecule has 6 nitrogen and oxygen atoms in total. The number of rotatable bonds is 3. The highest BCUT2D eigenvalue weighted by Crippen LogP contribution is 2.66. The number of hydrogen-bond acceptors (Lipinski definition) is 6. The third kappa shape index (κ3) is 3.01. The number of nitrogens with zero attached hydrogens (tertiary/aromatic N) is 1. The van der Waals surface area contributed by atoms with E-state index < -0.39 is 6.10 Å². The first kappa shape index (κ1) is 20.9. The zero-order chi connectivity index (χ0) is 21.1. The van der Waals surface area contributed by atoms with Gasteiger partial charge in [0.15, 0.2) is 0 Å². The fourth-order valence-electron chi connectivity index (χ4n) is 8.21. The molecule has 5 aliphatic rings. The standard InChI is InChI=1S/C24H38N2O4/c1-23-8-5-14(26-30-15-7-10-25-12-15)11-19(23)16(13-27)22(29)21-17-3-4-20(28)24(17,2)9-6-18(21)23/h15-19,21-22,25,27,29H,3-13H2,1-2H3/t15-,16?,17+,18-,19?,21+,22?,23-,24+/m1/s1. The van der Waals surface area contributed by atoms with Crippen molar-refractivity contribution in [3.8, 4) is 0 Å². The minimum atomic E-state index is -0.534. The number of fused-ring (bicyclic) bond motifs is 5. The summed E-state index contributed by atoms with van der Waals surface area (Å²) in [7, 11) is 0. The molecule has 168 valence electrons. The van der Waals surface area contributed by atoms with Crippen molar-refractivity contribution in [3.05, 3.63) is 0 Å². The van der Waals surface area contributed by atoms with Gasteiger partial charge in [0.1, 0.15) is 11.9 Å². The highest BCUT2D eigenvalue weighted by molar-refractivity contribution is 5.87. The SMILES string of the molecule is C[C@]12CCC(=NO[C@@H]3CCNC3)CC1C(CO)C(O)[C@@H]1[C@H]2CC[C@]2(C)C(=O)CC[C@@H]12. The Morgan fingerprint density at radius 3 is 2.70 bits per heavy atom. The summed E-state index contributed by atoms with van der Waals surface area (Å²) in [6.45, 7) is 6.38. The molecule has 3 N–H and O–H groups in total. The summed E-state index contributed by atoms with van der Waals surface area (Å²) in [6.07, 6.45) is 6.94. The maximum Gasteiger partial charge on any atom is 0.141 e. The zero-order valence-electron chi connectivity index (χ0n) is 18.5. The molecule has 9 atom stereocenters. The molecule has 4 aliphatic carbocycles. The van der Waals surface area contributed by atoms with Crippen LogP contribution in [-0.4, -0.2) is 53.6 Å². The van der Waals surface area contributed by atoms with Crippen LogP contribution in [0.25, 0.3) is 0 Å². The quantitative estimate of drug-likeness (QED) is 0.613. The van der Waals surface area contributed by atoms with Gasteiger partial charge in [0.25, 0.3) is 0 Å². The number of hydrogen-bond donors (Lipinski definition) is 3. The second-order valence-corrected chi connectivity index (χ2v) is 11.2. The van der Waals surface area contributed by atoms with Crippen LogP contribution in [0.5, 0.6) is 0 Å². The molecule has 3 unspecified atom stereocenters. The van der Waals surface area contributed by atoms with Crippen LogP contribution >= 0.6 is 0 Å². The average Bonchev–Trinajstić information content (AvgIpc) is 3.36. The molecule has 0 aromatic heterocycles. The van der Waals surface area contributed by atoms with Gasteiger partial charge in [-0.25, -0.2) is 0 Å². The number of nitrogens with one attached hydrogen (secondary N) is 1. The minimum absolute atomic E-state index is 0.00268. The van der Waals surface area contributed by atoms with E-state index in [0.29, 0.717) is 18.1 Å². The summed E-state index contributed by atoms with van der Waals surface area (Å²) in [5, 5.41) is 29.7. The first-order chi connectivity index (χ1) is 14.4. The molecule has 5 fully saturated rings. The van der Waals surface area contributed by atoms with Crippen LogP contribution in [0.3, 0.4) is 0 Å². The van der Waals surface area contributed by atoms with E-state index in [2.05, 4.69) is 24.3 Å². The molecule has 1 heterocycles. The summed E-state index contributed by atoms with van der Waals surface area (Å²) in [4.78, 5) is 18.5. The first-order valence-corrected chi connectivity index (χ1v) is 12.1. The summed E-state index contributed by atoms with van der Waals surface area (Å²) >= 11 is 0. The molecule has 6 heteroatoms. The summed E-state index contributed by atoms with van der Waals surface area (Å²) in [5.74, 6) is 1.28. The molecule has 1 saturated heterocycles. The molecule has 0 bridgehead atoms. The summed E-state index contributed by atoms with van der Waals surface area (Å²) in [5.41, 5.74) is 0.902. The Hall–Kier alpha value is -0.980. The molecule has 1 aliphatic heterocycles. The normalized spacial score (nSPS) is 52.1. The van der Waals surface area contributed by atoms with Crippen molar-refractivity contribution in [2.75, 3.05) is 19.7 Å². The lowest BCUT2D eigenvalue weighted by Crippen LogP contribution is -2.62. The van der Waals surface area contributed by atoms with Crippen LogP contribution < -0.4 is 5.32 Å². The maximum atomic E-state index is 12.7. The molecule has 0 radical (unpaired) electrons. The van der Waals surface area contributed by atoms with Crippen LogP contribution in [0.2, 0.25) is 0 Å². The Bertz CT molecular complexity index is 720. The van der Waals surface area contributed by atoms with Crippen molar-refractivity contribution < 1.29 is 19.8 Å². The van der Waals surface area contributed by atoms with E-state index in [4.69, 9.17) is 4.84 Å². The molecule has 5 rings (SSSR count). The lowest BCUT2D eigenvalue weighted by Gasteiger charge is -2.63. The molecule has 0 amide bonds. The van der Waals surface area contributed by atoms with E-state index in [-0.39, 0.29) is 47.2 Å². The van der Waals surface area contributed by atoms with E-state index in [1.165, 1.54) is 0 Å². The second-order valence-electron chi connectivity index (χ2n) is 11.2. The van der Waals surface area contributed by atoms with Crippen molar-refractivity contribution in [3.63, 3.8) is 0 Å². The Balaban J connectivity index is 1.41. The molecule has 0 aromatic carbocycles. The van der Waals surface area contributed by atoms with E-state index in [1.54, 1.807) is 0 Å². The van der Waals surface area contributed by atoms with Gasteiger partial charge in [-0.15, -0.1) is 0 Å². The predicted molar refractivity (Wildman–Crippen MR) is 114 cm³/mol. The third-order valence-electron chi connectivity index (χ3n) is 10.1. The smallest absolute Gasteiger partial charge is 0.141 e.